The first kappa shape index (κ1) is 20.1. The van der Waals surface area contributed by atoms with Crippen molar-refractivity contribution in [2.45, 2.75) is 58.7 Å². The molecule has 0 saturated carbocycles. The van der Waals surface area contributed by atoms with Gasteiger partial charge in [-0.1, -0.05) is 0 Å². The predicted molar refractivity (Wildman–Crippen MR) is 102 cm³/mol. The highest BCUT2D eigenvalue weighted by Crippen LogP contribution is 2.12. The van der Waals surface area contributed by atoms with Crippen molar-refractivity contribution in [1.29, 1.82) is 0 Å². The van der Waals surface area contributed by atoms with Crippen LogP contribution in [0.15, 0.2) is 17.4 Å². The fraction of sp³-hybridized carbons (Fsp3) is 0.722. The fourth-order valence-corrected chi connectivity index (χ4v) is 2.91. The molecular formula is C18H32N6O2. The van der Waals surface area contributed by atoms with Crippen molar-refractivity contribution in [2.24, 2.45) is 4.99 Å². The van der Waals surface area contributed by atoms with Crippen molar-refractivity contribution in [2.75, 3.05) is 26.7 Å². The van der Waals surface area contributed by atoms with Crippen LogP contribution in [0.1, 0.15) is 39.2 Å². The summed E-state index contributed by atoms with van der Waals surface area (Å²) in [4.78, 5) is 18.4. The van der Waals surface area contributed by atoms with E-state index in [1.165, 1.54) is 5.56 Å². The highest BCUT2D eigenvalue weighted by molar-refractivity contribution is 5.80. The van der Waals surface area contributed by atoms with Gasteiger partial charge >= 0.3 is 6.09 Å². The Morgan fingerprint density at radius 3 is 2.85 bits per heavy atom. The number of ether oxygens (including phenoxy) is 1. The molecule has 26 heavy (non-hydrogen) atoms. The second-order valence-corrected chi connectivity index (χ2v) is 7.69. The monoisotopic (exact) mass is 364 g/mol. The van der Waals surface area contributed by atoms with Crippen LogP contribution < -0.4 is 10.6 Å². The molecule has 0 aromatic carbocycles. The SMILES string of the molecule is CN=C(NCCCn1cc(C)cn1)N1CCC(NC(=O)OC(C)(C)C)C1. The smallest absolute Gasteiger partial charge is 0.407 e. The maximum atomic E-state index is 11.9. The Labute approximate surface area is 156 Å². The van der Waals surface area contributed by atoms with E-state index in [2.05, 4.69) is 25.6 Å². The Hall–Kier alpha value is -2.25. The van der Waals surface area contributed by atoms with Crippen molar-refractivity contribution in [1.82, 2.24) is 25.3 Å². The van der Waals surface area contributed by atoms with Gasteiger partial charge in [0.25, 0.3) is 0 Å². The molecule has 1 atom stereocenters. The largest absolute Gasteiger partial charge is 0.444 e. The molecule has 0 aliphatic carbocycles. The van der Waals surface area contributed by atoms with Crippen molar-refractivity contribution < 1.29 is 9.53 Å². The average molecular weight is 364 g/mol. The van der Waals surface area contributed by atoms with E-state index in [1.54, 1.807) is 7.05 Å². The second-order valence-electron chi connectivity index (χ2n) is 7.69. The quantitative estimate of drug-likeness (QED) is 0.472. The van der Waals surface area contributed by atoms with Crippen LogP contribution in [0.25, 0.3) is 0 Å². The minimum absolute atomic E-state index is 0.0791. The average Bonchev–Trinajstić information content (AvgIpc) is 3.15. The summed E-state index contributed by atoms with van der Waals surface area (Å²) in [5.74, 6) is 0.870. The molecule has 1 aromatic rings. The van der Waals surface area contributed by atoms with Gasteiger partial charge in [-0.3, -0.25) is 9.67 Å². The van der Waals surface area contributed by atoms with Crippen LogP contribution in [0.2, 0.25) is 0 Å². The molecule has 1 aromatic heterocycles. The van der Waals surface area contributed by atoms with Gasteiger partial charge in [0.1, 0.15) is 5.60 Å². The maximum absolute atomic E-state index is 11.9. The molecule has 1 aliphatic rings. The van der Waals surface area contributed by atoms with Crippen molar-refractivity contribution in [3.8, 4) is 0 Å². The zero-order valence-corrected chi connectivity index (χ0v) is 16.6. The lowest BCUT2D eigenvalue weighted by Crippen LogP contribution is -2.44. The van der Waals surface area contributed by atoms with Crippen LogP contribution in [0, 0.1) is 6.92 Å². The summed E-state index contributed by atoms with van der Waals surface area (Å²) in [7, 11) is 1.79. The number of alkyl carbamates (subject to hydrolysis) is 1. The van der Waals surface area contributed by atoms with Crippen molar-refractivity contribution >= 4 is 12.1 Å². The van der Waals surface area contributed by atoms with E-state index in [0.717, 1.165) is 45.0 Å². The molecule has 0 bridgehead atoms. The number of aromatic nitrogens is 2. The predicted octanol–water partition coefficient (Wildman–Crippen LogP) is 1.76. The number of nitrogens with zero attached hydrogens (tertiary/aromatic N) is 4. The number of carbonyl (C=O) groups is 1. The van der Waals surface area contributed by atoms with Gasteiger partial charge in [0.2, 0.25) is 0 Å². The first-order valence-corrected chi connectivity index (χ1v) is 9.21. The second kappa shape index (κ2) is 8.91. The van der Waals surface area contributed by atoms with Crippen LogP contribution >= 0.6 is 0 Å². The zero-order valence-electron chi connectivity index (χ0n) is 16.6. The molecule has 2 rings (SSSR count). The van der Waals surface area contributed by atoms with Gasteiger partial charge in [0.15, 0.2) is 5.96 Å². The lowest BCUT2D eigenvalue weighted by Gasteiger charge is -2.23. The molecule has 2 N–H and O–H groups in total. The first-order valence-electron chi connectivity index (χ1n) is 9.21. The molecule has 1 fully saturated rings. The summed E-state index contributed by atoms with van der Waals surface area (Å²) >= 11 is 0. The Morgan fingerprint density at radius 1 is 1.46 bits per heavy atom. The molecule has 8 heteroatoms. The topological polar surface area (TPSA) is 83.8 Å². The molecular weight excluding hydrogens is 332 g/mol. The number of carbonyl (C=O) groups excluding carboxylic acids is 1. The minimum Gasteiger partial charge on any atom is -0.444 e. The number of amides is 1. The number of hydrogen-bond acceptors (Lipinski definition) is 4. The van der Waals surface area contributed by atoms with Crippen LogP contribution in [0.3, 0.4) is 0 Å². The Balaban J connectivity index is 1.70. The number of hydrogen-bond donors (Lipinski definition) is 2. The summed E-state index contributed by atoms with van der Waals surface area (Å²) in [5, 5.41) is 10.6. The van der Waals surface area contributed by atoms with Crippen molar-refractivity contribution in [3.63, 3.8) is 0 Å². The number of aryl methyl sites for hydroxylation is 2. The van der Waals surface area contributed by atoms with Gasteiger partial charge < -0.3 is 20.3 Å². The van der Waals surface area contributed by atoms with Crippen LogP contribution in [0.4, 0.5) is 4.79 Å². The molecule has 1 saturated heterocycles. The van der Waals surface area contributed by atoms with Gasteiger partial charge in [0, 0.05) is 39.4 Å². The molecule has 0 spiro atoms. The standard InChI is InChI=1S/C18H32N6O2/c1-14-11-21-24(12-14)9-6-8-20-16(19-5)23-10-7-15(13-23)22-17(25)26-18(2,3)4/h11-12,15H,6-10,13H2,1-5H3,(H,19,20)(H,22,25). The summed E-state index contributed by atoms with van der Waals surface area (Å²) in [6, 6.07) is 0.0791. The third kappa shape index (κ3) is 6.57. The maximum Gasteiger partial charge on any atom is 0.407 e. The van der Waals surface area contributed by atoms with Gasteiger partial charge in [-0.05, 0) is 46.1 Å². The molecule has 1 amide bonds. The molecule has 8 nitrogen and oxygen atoms in total. The Morgan fingerprint density at radius 2 is 2.23 bits per heavy atom. The zero-order chi connectivity index (χ0) is 19.2. The van der Waals surface area contributed by atoms with Gasteiger partial charge in [-0.15, -0.1) is 0 Å². The summed E-state index contributed by atoms with van der Waals surface area (Å²) in [6.45, 7) is 10.9. The highest BCUT2D eigenvalue weighted by atomic mass is 16.6. The third-order valence-electron chi connectivity index (χ3n) is 4.03. The Bertz CT molecular complexity index is 619. The fourth-order valence-electron chi connectivity index (χ4n) is 2.91. The minimum atomic E-state index is -0.479. The molecule has 1 aliphatic heterocycles. The summed E-state index contributed by atoms with van der Waals surface area (Å²) in [6.07, 6.45) is 5.40. The van der Waals surface area contributed by atoms with Gasteiger partial charge in [0.05, 0.1) is 12.2 Å². The summed E-state index contributed by atoms with van der Waals surface area (Å²) in [5.41, 5.74) is 0.696. The molecule has 146 valence electrons. The van der Waals surface area contributed by atoms with Gasteiger partial charge in [-0.25, -0.2) is 4.79 Å². The lowest BCUT2D eigenvalue weighted by atomic mass is 10.2. The number of guanidine groups is 1. The molecule has 2 heterocycles. The van der Waals surface area contributed by atoms with Crippen molar-refractivity contribution in [3.05, 3.63) is 18.0 Å². The van der Waals surface area contributed by atoms with E-state index in [-0.39, 0.29) is 12.1 Å². The summed E-state index contributed by atoms with van der Waals surface area (Å²) < 4.78 is 7.28. The van der Waals surface area contributed by atoms with E-state index in [4.69, 9.17) is 4.74 Å². The highest BCUT2D eigenvalue weighted by Gasteiger charge is 2.27. The Kier molecular flexibility index (Phi) is 6.88. The number of aliphatic imine (C=N–C) groups is 1. The van der Waals surface area contributed by atoms with E-state index >= 15 is 0 Å². The lowest BCUT2D eigenvalue weighted by molar-refractivity contribution is 0.0507. The normalized spacial score (nSPS) is 18.1. The van der Waals surface area contributed by atoms with Crippen LogP contribution in [-0.2, 0) is 11.3 Å². The number of rotatable bonds is 5. The van der Waals surface area contributed by atoms with Crippen LogP contribution in [-0.4, -0.2) is 65.1 Å². The van der Waals surface area contributed by atoms with E-state index in [9.17, 15) is 4.79 Å². The first-order chi connectivity index (χ1) is 12.3. The number of nitrogens with one attached hydrogen (secondary N) is 2. The van der Waals surface area contributed by atoms with Crippen LogP contribution in [0.5, 0.6) is 0 Å². The van der Waals surface area contributed by atoms with E-state index < -0.39 is 5.60 Å². The van der Waals surface area contributed by atoms with E-state index in [1.807, 2.05) is 44.8 Å². The number of likely N-dealkylation sites (tertiary alicyclic amines) is 1. The third-order valence-corrected chi connectivity index (χ3v) is 4.03. The van der Waals surface area contributed by atoms with E-state index in [0.29, 0.717) is 0 Å². The molecule has 0 radical (unpaired) electrons. The van der Waals surface area contributed by atoms with Gasteiger partial charge in [-0.2, -0.15) is 5.10 Å². The molecule has 1 unspecified atom stereocenters.